The summed E-state index contributed by atoms with van der Waals surface area (Å²) in [5, 5.41) is 3.52. The number of nitrogens with one attached hydrogen (secondary N) is 1. The summed E-state index contributed by atoms with van der Waals surface area (Å²) in [6.07, 6.45) is 6.85. The molecule has 5 nitrogen and oxygen atoms in total. The van der Waals surface area contributed by atoms with Crippen LogP contribution in [0.4, 0.5) is 11.4 Å². The van der Waals surface area contributed by atoms with E-state index in [1.165, 1.54) is 19.3 Å². The van der Waals surface area contributed by atoms with Crippen LogP contribution in [0.3, 0.4) is 0 Å². The van der Waals surface area contributed by atoms with Gasteiger partial charge in [0.1, 0.15) is 0 Å². The van der Waals surface area contributed by atoms with Gasteiger partial charge in [-0.2, -0.15) is 0 Å². The van der Waals surface area contributed by atoms with Crippen LogP contribution in [0.15, 0.2) is 42.5 Å². The van der Waals surface area contributed by atoms with Crippen LogP contribution < -0.4 is 10.2 Å². The number of carbonyl (C=O) groups excluding carboxylic acids is 2. The minimum Gasteiger partial charge on any atom is -0.322 e. The number of amides is 2. The molecule has 0 saturated heterocycles. The summed E-state index contributed by atoms with van der Waals surface area (Å²) in [6, 6.07) is 12.9. The van der Waals surface area contributed by atoms with Crippen molar-refractivity contribution in [2.24, 2.45) is 5.92 Å². The Morgan fingerprint density at radius 1 is 1.00 bits per heavy atom. The Labute approximate surface area is 209 Å². The summed E-state index contributed by atoms with van der Waals surface area (Å²) in [5.74, 6) is 0.492. The fraction of sp³-hybridized carbons (Fsp3) is 0.500. The van der Waals surface area contributed by atoms with E-state index in [2.05, 4.69) is 24.1 Å². The highest BCUT2D eigenvalue weighted by atomic mass is 35.5. The van der Waals surface area contributed by atoms with Crippen molar-refractivity contribution >= 4 is 34.8 Å². The zero-order chi connectivity index (χ0) is 24.5. The fourth-order valence-electron chi connectivity index (χ4n) is 4.42. The monoisotopic (exact) mass is 483 g/mol. The van der Waals surface area contributed by atoms with Gasteiger partial charge in [-0.1, -0.05) is 50.8 Å². The third-order valence-electron chi connectivity index (χ3n) is 6.37. The van der Waals surface area contributed by atoms with Gasteiger partial charge in [0.25, 0.3) is 5.91 Å². The molecule has 0 radical (unpaired) electrons. The van der Waals surface area contributed by atoms with Crippen molar-refractivity contribution in [3.8, 4) is 0 Å². The van der Waals surface area contributed by atoms with E-state index in [-0.39, 0.29) is 11.8 Å². The lowest BCUT2D eigenvalue weighted by molar-refractivity contribution is -0.116. The van der Waals surface area contributed by atoms with E-state index in [4.69, 9.17) is 11.6 Å². The maximum absolute atomic E-state index is 13.1. The van der Waals surface area contributed by atoms with Crippen molar-refractivity contribution in [1.82, 2.24) is 4.90 Å². The van der Waals surface area contributed by atoms with Gasteiger partial charge in [0, 0.05) is 42.0 Å². The molecule has 0 bridgehead atoms. The molecule has 0 spiro atoms. The number of benzene rings is 2. The second kappa shape index (κ2) is 12.9. The Balaban J connectivity index is 1.93. The molecule has 1 N–H and O–H groups in total. The first-order chi connectivity index (χ1) is 16.3. The van der Waals surface area contributed by atoms with Gasteiger partial charge >= 0.3 is 0 Å². The van der Waals surface area contributed by atoms with Gasteiger partial charge in [0.15, 0.2) is 0 Å². The molecule has 0 saturated carbocycles. The SMILES string of the molecule is CC(=O)N1CCCCCCCN(CCC(C)C)Cc2cc(C(=O)Nc3cccc(Cl)c3)ccc21. The molecule has 0 atom stereocenters. The van der Waals surface area contributed by atoms with Gasteiger partial charge in [-0.3, -0.25) is 14.5 Å². The molecule has 34 heavy (non-hydrogen) atoms. The fourth-order valence-corrected chi connectivity index (χ4v) is 4.61. The van der Waals surface area contributed by atoms with Crippen LogP contribution in [0, 0.1) is 5.92 Å². The van der Waals surface area contributed by atoms with Crippen LogP contribution in [-0.4, -0.2) is 36.3 Å². The largest absolute Gasteiger partial charge is 0.322 e. The predicted octanol–water partition coefficient (Wildman–Crippen LogP) is 6.76. The minimum atomic E-state index is -0.181. The van der Waals surface area contributed by atoms with Crippen LogP contribution >= 0.6 is 11.6 Å². The molecule has 2 amide bonds. The maximum Gasteiger partial charge on any atom is 0.255 e. The average molecular weight is 484 g/mol. The van der Waals surface area contributed by atoms with Crippen molar-refractivity contribution in [2.75, 3.05) is 29.9 Å². The Kier molecular flexibility index (Phi) is 9.97. The average Bonchev–Trinajstić information content (AvgIpc) is 2.78. The second-order valence-electron chi connectivity index (χ2n) is 9.71. The number of halogens is 1. The molecule has 184 valence electrons. The van der Waals surface area contributed by atoms with Gasteiger partial charge in [-0.25, -0.2) is 0 Å². The summed E-state index contributed by atoms with van der Waals surface area (Å²) >= 11 is 6.08. The summed E-state index contributed by atoms with van der Waals surface area (Å²) in [6.45, 7) is 9.61. The summed E-state index contributed by atoms with van der Waals surface area (Å²) < 4.78 is 0. The Morgan fingerprint density at radius 3 is 2.44 bits per heavy atom. The molecule has 0 aromatic heterocycles. The van der Waals surface area contributed by atoms with E-state index in [0.717, 1.165) is 50.1 Å². The molecule has 2 aromatic rings. The van der Waals surface area contributed by atoms with Crippen LogP contribution in [0.25, 0.3) is 0 Å². The van der Waals surface area contributed by atoms with Crippen molar-refractivity contribution in [3.63, 3.8) is 0 Å². The summed E-state index contributed by atoms with van der Waals surface area (Å²) in [7, 11) is 0. The molecule has 0 aliphatic carbocycles. The first-order valence-electron chi connectivity index (χ1n) is 12.5. The molecule has 2 aromatic carbocycles. The molecule has 0 unspecified atom stereocenters. The van der Waals surface area contributed by atoms with Gasteiger partial charge in [0.05, 0.1) is 0 Å². The highest BCUT2D eigenvalue weighted by Gasteiger charge is 2.20. The number of nitrogens with zero attached hydrogens (tertiary/aromatic N) is 2. The lowest BCUT2D eigenvalue weighted by atomic mass is 10.0. The van der Waals surface area contributed by atoms with E-state index in [9.17, 15) is 9.59 Å². The number of fused-ring (bicyclic) bond motifs is 1. The maximum atomic E-state index is 13.1. The Hall–Kier alpha value is -2.37. The molecular weight excluding hydrogens is 446 g/mol. The molecule has 0 fully saturated rings. The van der Waals surface area contributed by atoms with Gasteiger partial charge in [-0.15, -0.1) is 0 Å². The standard InChI is InChI=1S/C28H38ClN3O2/c1-21(2)14-17-31-15-7-5-4-6-8-16-32(22(3)33)27-13-12-23(18-24(27)20-31)28(34)30-26-11-9-10-25(29)19-26/h9-13,18-19,21H,4-8,14-17,20H2,1-3H3,(H,30,34). The van der Waals surface area contributed by atoms with Crippen LogP contribution in [0.5, 0.6) is 0 Å². The normalized spacial score (nSPS) is 15.9. The lowest BCUT2D eigenvalue weighted by Crippen LogP contribution is -2.33. The second-order valence-corrected chi connectivity index (χ2v) is 10.1. The molecule has 6 heteroatoms. The minimum absolute atomic E-state index is 0.0446. The van der Waals surface area contributed by atoms with Crippen molar-refractivity contribution < 1.29 is 9.59 Å². The highest BCUT2D eigenvalue weighted by molar-refractivity contribution is 6.31. The van der Waals surface area contributed by atoms with Crippen LogP contribution in [0.2, 0.25) is 5.02 Å². The Morgan fingerprint density at radius 2 is 1.74 bits per heavy atom. The summed E-state index contributed by atoms with van der Waals surface area (Å²) in [5.41, 5.74) is 3.19. The van der Waals surface area contributed by atoms with E-state index >= 15 is 0 Å². The number of anilines is 2. The third kappa shape index (κ3) is 7.85. The smallest absolute Gasteiger partial charge is 0.255 e. The van der Waals surface area contributed by atoms with E-state index in [0.29, 0.717) is 28.7 Å². The van der Waals surface area contributed by atoms with E-state index in [1.807, 2.05) is 35.2 Å². The molecule has 3 rings (SSSR count). The summed E-state index contributed by atoms with van der Waals surface area (Å²) in [4.78, 5) is 30.0. The zero-order valence-electron chi connectivity index (χ0n) is 20.8. The van der Waals surface area contributed by atoms with Crippen molar-refractivity contribution in [1.29, 1.82) is 0 Å². The third-order valence-corrected chi connectivity index (χ3v) is 6.60. The number of hydrogen-bond acceptors (Lipinski definition) is 3. The quantitative estimate of drug-likeness (QED) is 0.511. The number of carbonyl (C=O) groups is 2. The topological polar surface area (TPSA) is 52.7 Å². The number of hydrogen-bond donors (Lipinski definition) is 1. The van der Waals surface area contributed by atoms with E-state index in [1.54, 1.807) is 19.1 Å². The molecular formula is C28H38ClN3O2. The number of rotatable bonds is 5. The highest BCUT2D eigenvalue weighted by Crippen LogP contribution is 2.27. The lowest BCUT2D eigenvalue weighted by Gasteiger charge is -2.29. The molecule has 1 aliphatic heterocycles. The first kappa shape index (κ1) is 26.2. The van der Waals surface area contributed by atoms with Crippen LogP contribution in [-0.2, 0) is 11.3 Å². The predicted molar refractivity (Wildman–Crippen MR) is 142 cm³/mol. The Bertz CT molecular complexity index is 976. The molecule has 1 aliphatic rings. The van der Waals surface area contributed by atoms with Crippen molar-refractivity contribution in [3.05, 3.63) is 58.6 Å². The zero-order valence-corrected chi connectivity index (χ0v) is 21.5. The van der Waals surface area contributed by atoms with Gasteiger partial charge < -0.3 is 10.2 Å². The van der Waals surface area contributed by atoms with Gasteiger partial charge in [0.2, 0.25) is 5.91 Å². The van der Waals surface area contributed by atoms with E-state index < -0.39 is 0 Å². The first-order valence-corrected chi connectivity index (χ1v) is 12.9. The van der Waals surface area contributed by atoms with Gasteiger partial charge in [-0.05, 0) is 80.2 Å². The molecule has 1 heterocycles. The van der Waals surface area contributed by atoms with Crippen molar-refractivity contribution in [2.45, 2.75) is 65.8 Å². The van der Waals surface area contributed by atoms with Crippen LogP contribution in [0.1, 0.15) is 75.2 Å².